The molecule has 20 heavy (non-hydrogen) atoms. The van der Waals surface area contributed by atoms with Crippen LogP contribution in [0.2, 0.25) is 5.02 Å². The quantitative estimate of drug-likeness (QED) is 0.634. The fourth-order valence-electron chi connectivity index (χ4n) is 2.39. The van der Waals surface area contributed by atoms with Gasteiger partial charge in [-0.15, -0.1) is 0 Å². The molecule has 0 amide bonds. The Hall–Kier alpha value is -1.00. The average Bonchev–Trinajstić information content (AvgIpc) is 2.93. The minimum absolute atomic E-state index is 0.668. The standard InChI is InChI=1S/C15H22ClN3S/c1-2-3-8-17-15(20)18-13-11-12(16)6-7-14(13)19-9-4-5-10-19/h6-7,11H,2-5,8-10H2,1H3,(H2,17,18,20). The molecule has 3 nitrogen and oxygen atoms in total. The summed E-state index contributed by atoms with van der Waals surface area (Å²) >= 11 is 11.5. The summed E-state index contributed by atoms with van der Waals surface area (Å²) < 4.78 is 0. The average molecular weight is 312 g/mol. The van der Waals surface area contributed by atoms with Gasteiger partial charge in [-0.3, -0.25) is 0 Å². The molecule has 0 spiro atoms. The molecule has 1 aromatic carbocycles. The van der Waals surface area contributed by atoms with Gasteiger partial charge in [0.2, 0.25) is 0 Å². The fourth-order valence-corrected chi connectivity index (χ4v) is 2.77. The Labute approximate surface area is 131 Å². The van der Waals surface area contributed by atoms with Crippen molar-refractivity contribution in [3.63, 3.8) is 0 Å². The van der Waals surface area contributed by atoms with Crippen molar-refractivity contribution in [2.24, 2.45) is 0 Å². The number of nitrogens with one attached hydrogen (secondary N) is 2. The molecule has 5 heteroatoms. The zero-order valence-electron chi connectivity index (χ0n) is 11.9. The van der Waals surface area contributed by atoms with Crippen LogP contribution in [-0.4, -0.2) is 24.7 Å². The Bertz CT molecular complexity index is 458. The van der Waals surface area contributed by atoms with E-state index < -0.39 is 0 Å². The second kappa shape index (κ2) is 7.70. The van der Waals surface area contributed by atoms with Gasteiger partial charge in [-0.2, -0.15) is 0 Å². The van der Waals surface area contributed by atoms with Gasteiger partial charge in [-0.1, -0.05) is 24.9 Å². The molecule has 1 aromatic rings. The maximum atomic E-state index is 6.11. The summed E-state index contributed by atoms with van der Waals surface area (Å²) in [6.45, 7) is 5.28. The molecule has 0 bridgehead atoms. The highest BCUT2D eigenvalue weighted by atomic mass is 35.5. The van der Waals surface area contributed by atoms with E-state index >= 15 is 0 Å². The van der Waals surface area contributed by atoms with Gasteiger partial charge in [0.05, 0.1) is 11.4 Å². The minimum atomic E-state index is 0.668. The van der Waals surface area contributed by atoms with Crippen LogP contribution in [0.25, 0.3) is 0 Å². The minimum Gasteiger partial charge on any atom is -0.370 e. The van der Waals surface area contributed by atoms with E-state index in [9.17, 15) is 0 Å². The SMILES string of the molecule is CCCCNC(=S)Nc1cc(Cl)ccc1N1CCCC1. The summed E-state index contributed by atoms with van der Waals surface area (Å²) in [6.07, 6.45) is 4.78. The fraction of sp³-hybridized carbons (Fsp3) is 0.533. The third-order valence-corrected chi connectivity index (χ3v) is 3.95. The third kappa shape index (κ3) is 4.25. The molecule has 1 fully saturated rings. The maximum absolute atomic E-state index is 6.11. The van der Waals surface area contributed by atoms with Crippen LogP contribution in [0.15, 0.2) is 18.2 Å². The summed E-state index contributed by atoms with van der Waals surface area (Å²) in [6, 6.07) is 5.96. The van der Waals surface area contributed by atoms with Crippen LogP contribution in [0.4, 0.5) is 11.4 Å². The summed E-state index contributed by atoms with van der Waals surface area (Å²) in [5.74, 6) is 0. The Morgan fingerprint density at radius 3 is 2.80 bits per heavy atom. The van der Waals surface area contributed by atoms with E-state index in [4.69, 9.17) is 23.8 Å². The van der Waals surface area contributed by atoms with Gasteiger partial charge in [0.25, 0.3) is 0 Å². The molecule has 2 N–H and O–H groups in total. The van der Waals surface area contributed by atoms with E-state index in [0.717, 1.165) is 43.2 Å². The van der Waals surface area contributed by atoms with E-state index in [1.54, 1.807) is 0 Å². The van der Waals surface area contributed by atoms with Crippen LogP contribution in [0.3, 0.4) is 0 Å². The molecule has 0 aromatic heterocycles. The van der Waals surface area contributed by atoms with E-state index in [0.29, 0.717) is 5.11 Å². The molecule has 0 unspecified atom stereocenters. The van der Waals surface area contributed by atoms with Crippen LogP contribution in [0.1, 0.15) is 32.6 Å². The molecule has 0 aliphatic carbocycles. The van der Waals surface area contributed by atoms with Gasteiger partial charge in [0.15, 0.2) is 5.11 Å². The van der Waals surface area contributed by atoms with Crippen LogP contribution < -0.4 is 15.5 Å². The number of hydrogen-bond acceptors (Lipinski definition) is 2. The molecule has 0 atom stereocenters. The predicted molar refractivity (Wildman–Crippen MR) is 92.0 cm³/mol. The lowest BCUT2D eigenvalue weighted by molar-refractivity contribution is 0.758. The number of nitrogens with zero attached hydrogens (tertiary/aromatic N) is 1. The van der Waals surface area contributed by atoms with E-state index in [1.807, 2.05) is 12.1 Å². The highest BCUT2D eigenvalue weighted by molar-refractivity contribution is 7.80. The topological polar surface area (TPSA) is 27.3 Å². The van der Waals surface area contributed by atoms with Gasteiger partial charge in [0.1, 0.15) is 0 Å². The Morgan fingerprint density at radius 2 is 2.10 bits per heavy atom. The smallest absolute Gasteiger partial charge is 0.170 e. The first-order chi connectivity index (χ1) is 9.70. The zero-order valence-corrected chi connectivity index (χ0v) is 13.5. The van der Waals surface area contributed by atoms with Crippen LogP contribution in [0, 0.1) is 0 Å². The summed E-state index contributed by atoms with van der Waals surface area (Å²) in [5.41, 5.74) is 2.18. The molecule has 110 valence electrons. The van der Waals surface area contributed by atoms with Crippen molar-refractivity contribution in [1.29, 1.82) is 0 Å². The van der Waals surface area contributed by atoms with Gasteiger partial charge in [0, 0.05) is 24.7 Å². The van der Waals surface area contributed by atoms with Crippen molar-refractivity contribution < 1.29 is 0 Å². The summed E-state index contributed by atoms with van der Waals surface area (Å²) in [7, 11) is 0. The second-order valence-electron chi connectivity index (χ2n) is 5.09. The van der Waals surface area contributed by atoms with E-state index in [2.05, 4.69) is 28.5 Å². The van der Waals surface area contributed by atoms with Crippen molar-refractivity contribution >= 4 is 40.3 Å². The molecule has 1 saturated heterocycles. The number of halogens is 1. The summed E-state index contributed by atoms with van der Waals surface area (Å²) in [5, 5.41) is 7.91. The first kappa shape index (κ1) is 15.4. The highest BCUT2D eigenvalue weighted by Gasteiger charge is 2.16. The molecule has 1 aliphatic heterocycles. The molecule has 0 radical (unpaired) electrons. The predicted octanol–water partition coefficient (Wildman–Crippen LogP) is 4.03. The van der Waals surface area contributed by atoms with Crippen molar-refractivity contribution in [2.45, 2.75) is 32.6 Å². The van der Waals surface area contributed by atoms with Crippen LogP contribution in [0.5, 0.6) is 0 Å². The van der Waals surface area contributed by atoms with Gasteiger partial charge < -0.3 is 15.5 Å². The lowest BCUT2D eigenvalue weighted by Gasteiger charge is -2.22. The number of rotatable bonds is 5. The second-order valence-corrected chi connectivity index (χ2v) is 5.93. The normalized spacial score (nSPS) is 14.4. The van der Waals surface area contributed by atoms with Crippen molar-refractivity contribution in [3.05, 3.63) is 23.2 Å². The highest BCUT2D eigenvalue weighted by Crippen LogP contribution is 2.31. The Kier molecular flexibility index (Phi) is 5.92. The van der Waals surface area contributed by atoms with Gasteiger partial charge >= 0.3 is 0 Å². The Morgan fingerprint density at radius 1 is 1.35 bits per heavy atom. The lowest BCUT2D eigenvalue weighted by atomic mass is 10.2. The number of hydrogen-bond donors (Lipinski definition) is 2. The number of anilines is 2. The molecule has 2 rings (SSSR count). The first-order valence-corrected chi connectivity index (χ1v) is 8.08. The zero-order chi connectivity index (χ0) is 14.4. The van der Waals surface area contributed by atoms with Crippen molar-refractivity contribution in [1.82, 2.24) is 5.32 Å². The van der Waals surface area contributed by atoms with E-state index in [-0.39, 0.29) is 0 Å². The Balaban J connectivity index is 2.05. The molecular weight excluding hydrogens is 290 g/mol. The van der Waals surface area contributed by atoms with Crippen LogP contribution >= 0.6 is 23.8 Å². The van der Waals surface area contributed by atoms with Crippen molar-refractivity contribution in [2.75, 3.05) is 29.9 Å². The van der Waals surface area contributed by atoms with Crippen molar-refractivity contribution in [3.8, 4) is 0 Å². The van der Waals surface area contributed by atoms with Gasteiger partial charge in [-0.25, -0.2) is 0 Å². The number of thiocarbonyl (C=S) groups is 1. The molecule has 1 aliphatic rings. The molecular formula is C15H22ClN3S. The first-order valence-electron chi connectivity index (χ1n) is 7.30. The summed E-state index contributed by atoms with van der Waals surface area (Å²) in [4.78, 5) is 2.38. The van der Waals surface area contributed by atoms with Gasteiger partial charge in [-0.05, 0) is 49.7 Å². The van der Waals surface area contributed by atoms with Crippen LogP contribution in [-0.2, 0) is 0 Å². The maximum Gasteiger partial charge on any atom is 0.170 e. The van der Waals surface area contributed by atoms with E-state index in [1.165, 1.54) is 18.5 Å². The molecule has 0 saturated carbocycles. The lowest BCUT2D eigenvalue weighted by Crippen LogP contribution is -2.30. The largest absolute Gasteiger partial charge is 0.370 e. The molecule has 1 heterocycles. The monoisotopic (exact) mass is 311 g/mol. The number of benzene rings is 1. The number of unbranched alkanes of at least 4 members (excludes halogenated alkanes) is 1. The third-order valence-electron chi connectivity index (χ3n) is 3.47.